The Morgan fingerprint density at radius 2 is 2.36 bits per heavy atom. The maximum Gasteiger partial charge on any atom is 0.237 e. The summed E-state index contributed by atoms with van der Waals surface area (Å²) in [5.74, 6) is 4.93. The molecule has 64 valence electrons. The second-order valence-corrected chi connectivity index (χ2v) is 3.06. The van der Waals surface area contributed by atoms with Gasteiger partial charge in [-0.3, -0.25) is 10.2 Å². The molecule has 0 aromatic heterocycles. The van der Waals surface area contributed by atoms with Gasteiger partial charge in [-0.25, -0.2) is 5.84 Å². The van der Waals surface area contributed by atoms with E-state index in [4.69, 9.17) is 5.84 Å². The number of carbonyl (C=O) groups is 1. The van der Waals surface area contributed by atoms with Crippen LogP contribution in [-0.4, -0.2) is 30.4 Å². The van der Waals surface area contributed by atoms with Crippen LogP contribution in [0, 0.1) is 5.92 Å². The predicted molar refractivity (Wildman–Crippen MR) is 42.6 cm³/mol. The van der Waals surface area contributed by atoms with Gasteiger partial charge in [0.05, 0.1) is 0 Å². The quantitative estimate of drug-likeness (QED) is 0.324. The van der Waals surface area contributed by atoms with E-state index < -0.39 is 0 Å². The first-order chi connectivity index (χ1) is 5.24. The predicted octanol–water partition coefficient (Wildman–Crippen LogP) is -0.682. The van der Waals surface area contributed by atoms with Gasteiger partial charge in [0.15, 0.2) is 0 Å². The van der Waals surface area contributed by atoms with Gasteiger partial charge in [-0.05, 0) is 19.5 Å². The highest BCUT2D eigenvalue weighted by Gasteiger charge is 2.19. The summed E-state index contributed by atoms with van der Waals surface area (Å²) in [6.45, 7) is 4.98. The third-order valence-corrected chi connectivity index (χ3v) is 2.07. The van der Waals surface area contributed by atoms with Crippen molar-refractivity contribution in [1.82, 2.24) is 10.3 Å². The number of nitrogens with zero attached hydrogens (tertiary/aromatic N) is 1. The summed E-state index contributed by atoms with van der Waals surface area (Å²) in [5.41, 5.74) is 2.15. The van der Waals surface area contributed by atoms with E-state index in [2.05, 4.69) is 10.3 Å². The van der Waals surface area contributed by atoms with Crippen molar-refractivity contribution in [2.45, 2.75) is 13.3 Å². The minimum atomic E-state index is -0.0723. The molecule has 1 atom stereocenters. The standard InChI is InChI=1S/C7H15N3O/c1-6(7(11)9-8)5-10-3-2-4-10/h6H,2-5,8H2,1H3,(H,9,11). The van der Waals surface area contributed by atoms with E-state index in [1.165, 1.54) is 6.42 Å². The van der Waals surface area contributed by atoms with Crippen LogP contribution in [0.1, 0.15) is 13.3 Å². The van der Waals surface area contributed by atoms with E-state index in [0.29, 0.717) is 0 Å². The Bertz CT molecular complexity index is 145. The SMILES string of the molecule is CC(CN1CCC1)C(=O)NN. The molecule has 3 N–H and O–H groups in total. The van der Waals surface area contributed by atoms with Crippen LogP contribution >= 0.6 is 0 Å². The molecule has 4 heteroatoms. The Labute approximate surface area is 66.7 Å². The Kier molecular flexibility index (Phi) is 2.84. The van der Waals surface area contributed by atoms with Gasteiger partial charge in [0.2, 0.25) is 5.91 Å². The minimum absolute atomic E-state index is 0.0142. The number of nitrogens with one attached hydrogen (secondary N) is 1. The summed E-state index contributed by atoms with van der Waals surface area (Å²) in [4.78, 5) is 13.2. The Morgan fingerprint density at radius 3 is 2.73 bits per heavy atom. The molecule has 11 heavy (non-hydrogen) atoms. The Hall–Kier alpha value is -0.610. The lowest BCUT2D eigenvalue weighted by molar-refractivity contribution is -0.125. The Morgan fingerprint density at radius 1 is 1.73 bits per heavy atom. The number of nitrogens with two attached hydrogens (primary N) is 1. The summed E-state index contributed by atoms with van der Waals surface area (Å²) in [6, 6.07) is 0. The summed E-state index contributed by atoms with van der Waals surface area (Å²) in [6.07, 6.45) is 1.26. The van der Waals surface area contributed by atoms with Crippen molar-refractivity contribution in [1.29, 1.82) is 0 Å². The van der Waals surface area contributed by atoms with Crippen molar-refractivity contribution in [2.75, 3.05) is 19.6 Å². The molecule has 0 aromatic rings. The number of rotatable bonds is 3. The first-order valence-electron chi connectivity index (χ1n) is 3.97. The van der Waals surface area contributed by atoms with Gasteiger partial charge in [-0.1, -0.05) is 6.92 Å². The van der Waals surface area contributed by atoms with Crippen LogP contribution in [0.15, 0.2) is 0 Å². The van der Waals surface area contributed by atoms with Crippen molar-refractivity contribution in [2.24, 2.45) is 11.8 Å². The summed E-state index contributed by atoms with van der Waals surface area (Å²) >= 11 is 0. The van der Waals surface area contributed by atoms with Crippen molar-refractivity contribution in [3.8, 4) is 0 Å². The molecule has 0 spiro atoms. The average molecular weight is 157 g/mol. The van der Waals surface area contributed by atoms with Gasteiger partial charge in [-0.2, -0.15) is 0 Å². The topological polar surface area (TPSA) is 58.4 Å². The number of hydrogen-bond acceptors (Lipinski definition) is 3. The highest BCUT2D eigenvalue weighted by Crippen LogP contribution is 2.08. The molecule has 0 radical (unpaired) electrons. The van der Waals surface area contributed by atoms with Gasteiger partial charge in [0.1, 0.15) is 0 Å². The maximum absolute atomic E-state index is 10.9. The molecule has 1 aliphatic rings. The second-order valence-electron chi connectivity index (χ2n) is 3.06. The zero-order valence-corrected chi connectivity index (χ0v) is 6.84. The van der Waals surface area contributed by atoms with Crippen molar-refractivity contribution in [3.63, 3.8) is 0 Å². The molecule has 1 rings (SSSR count). The highest BCUT2D eigenvalue weighted by atomic mass is 16.2. The number of likely N-dealkylation sites (tertiary alicyclic amines) is 1. The average Bonchev–Trinajstić information content (AvgIpc) is 1.94. The van der Waals surface area contributed by atoms with Crippen LogP contribution in [0.5, 0.6) is 0 Å². The molecule has 0 saturated carbocycles. The lowest BCUT2D eigenvalue weighted by Gasteiger charge is -2.32. The number of hydrazine groups is 1. The van der Waals surface area contributed by atoms with Gasteiger partial charge < -0.3 is 4.90 Å². The van der Waals surface area contributed by atoms with E-state index >= 15 is 0 Å². The van der Waals surface area contributed by atoms with Gasteiger partial charge in [0, 0.05) is 12.5 Å². The third kappa shape index (κ3) is 2.17. The first kappa shape index (κ1) is 8.49. The van der Waals surface area contributed by atoms with E-state index in [-0.39, 0.29) is 11.8 Å². The second kappa shape index (κ2) is 3.69. The van der Waals surface area contributed by atoms with Gasteiger partial charge in [0.25, 0.3) is 0 Å². The fourth-order valence-electron chi connectivity index (χ4n) is 1.18. The minimum Gasteiger partial charge on any atom is -0.302 e. The molecule has 0 bridgehead atoms. The summed E-state index contributed by atoms with van der Waals surface area (Å²) in [7, 11) is 0. The molecule has 1 heterocycles. The third-order valence-electron chi connectivity index (χ3n) is 2.07. The maximum atomic E-state index is 10.9. The molecular weight excluding hydrogens is 142 g/mol. The molecule has 1 unspecified atom stereocenters. The fraction of sp³-hybridized carbons (Fsp3) is 0.857. The Balaban J connectivity index is 2.18. The van der Waals surface area contributed by atoms with Crippen LogP contribution in [-0.2, 0) is 4.79 Å². The first-order valence-corrected chi connectivity index (χ1v) is 3.97. The monoisotopic (exact) mass is 157 g/mol. The molecule has 0 aromatic carbocycles. The molecule has 0 aliphatic carbocycles. The molecule has 1 saturated heterocycles. The van der Waals surface area contributed by atoms with E-state index in [1.54, 1.807) is 0 Å². The lowest BCUT2D eigenvalue weighted by atomic mass is 10.1. The molecule has 1 fully saturated rings. The van der Waals surface area contributed by atoms with Crippen LogP contribution < -0.4 is 11.3 Å². The zero-order valence-electron chi connectivity index (χ0n) is 6.84. The highest BCUT2D eigenvalue weighted by molar-refractivity contribution is 5.77. The molecule has 4 nitrogen and oxygen atoms in total. The summed E-state index contributed by atoms with van der Waals surface area (Å²) < 4.78 is 0. The van der Waals surface area contributed by atoms with E-state index in [9.17, 15) is 4.79 Å². The van der Waals surface area contributed by atoms with Crippen molar-refractivity contribution >= 4 is 5.91 Å². The smallest absolute Gasteiger partial charge is 0.237 e. The van der Waals surface area contributed by atoms with Crippen LogP contribution in [0.4, 0.5) is 0 Å². The molecular formula is C7H15N3O. The fourth-order valence-corrected chi connectivity index (χ4v) is 1.18. The molecule has 1 amide bonds. The van der Waals surface area contributed by atoms with Gasteiger partial charge >= 0.3 is 0 Å². The number of hydrogen-bond donors (Lipinski definition) is 2. The van der Waals surface area contributed by atoms with E-state index in [0.717, 1.165) is 19.6 Å². The van der Waals surface area contributed by atoms with Gasteiger partial charge in [-0.15, -0.1) is 0 Å². The number of carbonyl (C=O) groups excluding carboxylic acids is 1. The normalized spacial score (nSPS) is 20.5. The van der Waals surface area contributed by atoms with Crippen LogP contribution in [0.2, 0.25) is 0 Å². The molecule has 1 aliphatic heterocycles. The van der Waals surface area contributed by atoms with Crippen molar-refractivity contribution < 1.29 is 4.79 Å². The van der Waals surface area contributed by atoms with Crippen LogP contribution in [0.3, 0.4) is 0 Å². The lowest BCUT2D eigenvalue weighted by Crippen LogP contribution is -2.45. The number of amides is 1. The van der Waals surface area contributed by atoms with E-state index in [1.807, 2.05) is 6.92 Å². The van der Waals surface area contributed by atoms with Crippen molar-refractivity contribution in [3.05, 3.63) is 0 Å². The largest absolute Gasteiger partial charge is 0.302 e. The zero-order chi connectivity index (χ0) is 8.27. The van der Waals surface area contributed by atoms with Crippen LogP contribution in [0.25, 0.3) is 0 Å². The summed E-state index contributed by atoms with van der Waals surface area (Å²) in [5, 5.41) is 0.